The van der Waals surface area contributed by atoms with Crippen molar-refractivity contribution in [3.8, 4) is 0 Å². The number of carbonyl (C=O) groups excluding carboxylic acids is 2. The highest BCUT2D eigenvalue weighted by molar-refractivity contribution is 6.03. The highest BCUT2D eigenvalue weighted by atomic mass is 16.6. The van der Waals surface area contributed by atoms with Crippen LogP contribution in [0.3, 0.4) is 0 Å². The number of amides is 2. The van der Waals surface area contributed by atoms with Crippen molar-refractivity contribution in [2.75, 3.05) is 6.54 Å². The lowest BCUT2D eigenvalue weighted by Gasteiger charge is -2.32. The van der Waals surface area contributed by atoms with E-state index in [2.05, 4.69) is 18.8 Å². The van der Waals surface area contributed by atoms with Gasteiger partial charge in [-0.25, -0.2) is 9.69 Å². The van der Waals surface area contributed by atoms with Crippen LogP contribution in [-0.2, 0) is 22.4 Å². The minimum absolute atomic E-state index is 0.153. The number of aryl methyl sites for hydroxylation is 1. The number of ether oxygens (including phenoxy) is 1. The van der Waals surface area contributed by atoms with Gasteiger partial charge in [0.15, 0.2) is 5.60 Å². The summed E-state index contributed by atoms with van der Waals surface area (Å²) in [6, 6.07) is 4.00. The largest absolute Gasteiger partial charge is 0.432 e. The van der Waals surface area contributed by atoms with Crippen LogP contribution in [0.1, 0.15) is 50.8 Å². The van der Waals surface area contributed by atoms with Gasteiger partial charge >= 0.3 is 6.09 Å². The number of carbonyl (C=O) groups is 2. The highest BCUT2D eigenvalue weighted by Gasteiger charge is 2.54. The molecule has 1 aliphatic heterocycles. The van der Waals surface area contributed by atoms with E-state index in [1.165, 1.54) is 10.5 Å². The van der Waals surface area contributed by atoms with E-state index in [9.17, 15) is 9.59 Å². The van der Waals surface area contributed by atoms with Gasteiger partial charge in [-0.15, -0.1) is 0 Å². The van der Waals surface area contributed by atoms with E-state index in [0.29, 0.717) is 31.7 Å². The summed E-state index contributed by atoms with van der Waals surface area (Å²) in [7, 11) is 0. The van der Waals surface area contributed by atoms with Crippen molar-refractivity contribution in [1.82, 2.24) is 9.88 Å². The van der Waals surface area contributed by atoms with E-state index in [0.717, 1.165) is 25.0 Å². The Bertz CT molecular complexity index is 599. The summed E-state index contributed by atoms with van der Waals surface area (Å²) in [5, 5.41) is 0. The summed E-state index contributed by atoms with van der Waals surface area (Å²) in [6.45, 7) is 4.54. The lowest BCUT2D eigenvalue weighted by Crippen LogP contribution is -2.44. The fraction of sp³-hybridized carbons (Fsp3) is 0.611. The van der Waals surface area contributed by atoms with Crippen LogP contribution in [-0.4, -0.2) is 34.0 Å². The molecule has 1 spiro atoms. The quantitative estimate of drug-likeness (QED) is 0.856. The maximum Gasteiger partial charge on any atom is 0.417 e. The Kier molecular flexibility index (Phi) is 4.37. The Balaban J connectivity index is 1.65. The van der Waals surface area contributed by atoms with Crippen molar-refractivity contribution < 1.29 is 14.3 Å². The van der Waals surface area contributed by atoms with Crippen LogP contribution < -0.4 is 0 Å². The first-order chi connectivity index (χ1) is 11.0. The van der Waals surface area contributed by atoms with Gasteiger partial charge < -0.3 is 4.74 Å². The van der Waals surface area contributed by atoms with E-state index in [1.807, 2.05) is 18.3 Å². The average Bonchev–Trinajstić information content (AvgIpc) is 2.76. The summed E-state index contributed by atoms with van der Waals surface area (Å²) in [4.78, 5) is 30.5. The molecular formula is C18H24N2O3. The third-order valence-electron chi connectivity index (χ3n) is 4.98. The molecule has 2 heterocycles. The van der Waals surface area contributed by atoms with E-state index < -0.39 is 11.7 Å². The monoisotopic (exact) mass is 316 g/mol. The van der Waals surface area contributed by atoms with Crippen molar-refractivity contribution >= 4 is 12.0 Å². The molecule has 5 nitrogen and oxygen atoms in total. The molecule has 23 heavy (non-hydrogen) atoms. The molecule has 2 aliphatic rings. The fourth-order valence-electron chi connectivity index (χ4n) is 3.62. The van der Waals surface area contributed by atoms with Gasteiger partial charge in [0.1, 0.15) is 0 Å². The Labute approximate surface area is 137 Å². The van der Waals surface area contributed by atoms with Crippen LogP contribution in [0.25, 0.3) is 0 Å². The van der Waals surface area contributed by atoms with Gasteiger partial charge in [0.05, 0.1) is 0 Å². The molecule has 2 amide bonds. The topological polar surface area (TPSA) is 59.5 Å². The molecule has 0 bridgehead atoms. The lowest BCUT2D eigenvalue weighted by atomic mass is 9.78. The molecule has 0 radical (unpaired) electrons. The molecule has 124 valence electrons. The summed E-state index contributed by atoms with van der Waals surface area (Å²) in [6.07, 6.45) is 6.22. The van der Waals surface area contributed by atoms with E-state index in [-0.39, 0.29) is 5.91 Å². The first kappa shape index (κ1) is 16.0. The number of imide groups is 1. The van der Waals surface area contributed by atoms with Crippen molar-refractivity contribution in [3.05, 3.63) is 29.6 Å². The van der Waals surface area contributed by atoms with Gasteiger partial charge in [0.25, 0.3) is 5.91 Å². The van der Waals surface area contributed by atoms with Crippen molar-refractivity contribution in [2.24, 2.45) is 5.92 Å². The average molecular weight is 316 g/mol. The molecule has 1 saturated carbocycles. The van der Waals surface area contributed by atoms with E-state index in [4.69, 9.17) is 4.74 Å². The molecule has 2 atom stereocenters. The second-order valence-corrected chi connectivity index (χ2v) is 6.78. The Hall–Kier alpha value is -1.91. The van der Waals surface area contributed by atoms with Crippen LogP contribution in [0, 0.1) is 5.92 Å². The van der Waals surface area contributed by atoms with Crippen molar-refractivity contribution in [1.29, 1.82) is 0 Å². The normalized spacial score (nSPS) is 27.6. The second kappa shape index (κ2) is 6.30. The van der Waals surface area contributed by atoms with Crippen LogP contribution in [0.4, 0.5) is 4.79 Å². The Morgan fingerprint density at radius 3 is 2.87 bits per heavy atom. The summed E-state index contributed by atoms with van der Waals surface area (Å²) < 4.78 is 5.53. The molecule has 2 fully saturated rings. The van der Waals surface area contributed by atoms with Gasteiger partial charge in [0, 0.05) is 24.9 Å². The molecule has 0 aromatic carbocycles. The first-order valence-electron chi connectivity index (χ1n) is 8.53. The minimum atomic E-state index is -0.895. The van der Waals surface area contributed by atoms with Gasteiger partial charge in [-0.2, -0.15) is 0 Å². The van der Waals surface area contributed by atoms with Crippen molar-refractivity contribution in [3.63, 3.8) is 0 Å². The molecule has 1 aromatic rings. The zero-order valence-corrected chi connectivity index (χ0v) is 13.9. The maximum atomic E-state index is 12.7. The third kappa shape index (κ3) is 3.09. The lowest BCUT2D eigenvalue weighted by molar-refractivity contribution is -0.140. The number of pyridine rings is 1. The molecule has 1 aromatic heterocycles. The Morgan fingerprint density at radius 2 is 2.22 bits per heavy atom. The third-order valence-corrected chi connectivity index (χ3v) is 4.98. The van der Waals surface area contributed by atoms with Crippen LogP contribution in [0.15, 0.2) is 18.3 Å². The number of rotatable bonds is 4. The van der Waals surface area contributed by atoms with Gasteiger partial charge in [0.2, 0.25) is 0 Å². The van der Waals surface area contributed by atoms with Crippen molar-refractivity contribution in [2.45, 2.75) is 58.0 Å². The molecular weight excluding hydrogens is 292 g/mol. The molecule has 0 N–H and O–H groups in total. The maximum absolute atomic E-state index is 12.7. The van der Waals surface area contributed by atoms with Crippen LogP contribution >= 0.6 is 0 Å². The number of hydrogen-bond donors (Lipinski definition) is 0. The molecule has 5 heteroatoms. The first-order valence-corrected chi connectivity index (χ1v) is 8.53. The van der Waals surface area contributed by atoms with Gasteiger partial charge in [-0.05, 0) is 43.2 Å². The molecule has 1 aliphatic carbocycles. The SMILES string of the molecule is CCc1ccc(CCN2C(=O)OC3(CCCC(C)C3)C2=O)nc1. The number of nitrogens with zero attached hydrogens (tertiary/aromatic N) is 2. The Morgan fingerprint density at radius 1 is 1.39 bits per heavy atom. The van der Waals surface area contributed by atoms with Gasteiger partial charge in [-0.3, -0.25) is 9.78 Å². The molecule has 1 saturated heterocycles. The molecule has 3 rings (SSSR count). The minimum Gasteiger partial charge on any atom is -0.432 e. The highest BCUT2D eigenvalue weighted by Crippen LogP contribution is 2.40. The predicted octanol–water partition coefficient (Wildman–Crippen LogP) is 3.11. The number of aromatic nitrogens is 1. The zero-order valence-electron chi connectivity index (χ0n) is 13.9. The fourth-order valence-corrected chi connectivity index (χ4v) is 3.62. The van der Waals surface area contributed by atoms with Crippen LogP contribution in [0.5, 0.6) is 0 Å². The summed E-state index contributed by atoms with van der Waals surface area (Å²) >= 11 is 0. The zero-order chi connectivity index (χ0) is 16.4. The smallest absolute Gasteiger partial charge is 0.417 e. The standard InChI is InChI=1S/C18H24N2O3/c1-3-14-6-7-15(19-12-14)8-10-20-16(21)18(23-17(20)22)9-4-5-13(2)11-18/h6-7,12-13H,3-5,8-11H2,1-2H3. The second-order valence-electron chi connectivity index (χ2n) is 6.78. The summed E-state index contributed by atoms with van der Waals surface area (Å²) in [5.74, 6) is 0.267. The molecule has 2 unspecified atom stereocenters. The van der Waals surface area contributed by atoms with E-state index in [1.54, 1.807) is 0 Å². The summed E-state index contributed by atoms with van der Waals surface area (Å²) in [5.41, 5.74) is 1.18. The van der Waals surface area contributed by atoms with E-state index >= 15 is 0 Å². The number of hydrogen-bond acceptors (Lipinski definition) is 4. The van der Waals surface area contributed by atoms with Gasteiger partial charge in [-0.1, -0.05) is 26.3 Å². The van der Waals surface area contributed by atoms with Crippen LogP contribution in [0.2, 0.25) is 0 Å². The predicted molar refractivity (Wildman–Crippen MR) is 85.9 cm³/mol.